The monoisotopic (exact) mass is 226 g/mol. The number of carbonyl (C=O) groups excluding carboxylic acids is 2. The second-order valence-corrected chi connectivity index (χ2v) is 4.36. The number of fused-ring (bicyclic) bond motifs is 1. The molecule has 1 aliphatic heterocycles. The zero-order valence-corrected chi connectivity index (χ0v) is 8.19. The van der Waals surface area contributed by atoms with Gasteiger partial charge in [-0.2, -0.15) is 12.7 Å². The Labute approximate surface area is 85.5 Å². The summed E-state index contributed by atoms with van der Waals surface area (Å²) in [5.74, 6) is -2.00. The highest BCUT2D eigenvalue weighted by Gasteiger charge is 2.41. The topological polar surface area (TPSA) is 97.5 Å². The van der Waals surface area contributed by atoms with Gasteiger partial charge in [0, 0.05) is 0 Å². The summed E-state index contributed by atoms with van der Waals surface area (Å²) in [6, 6.07) is 5.78. The van der Waals surface area contributed by atoms with Crippen LogP contribution in [0.25, 0.3) is 0 Å². The van der Waals surface area contributed by atoms with E-state index >= 15 is 0 Å². The van der Waals surface area contributed by atoms with Crippen molar-refractivity contribution in [2.75, 3.05) is 4.31 Å². The molecule has 0 radical (unpaired) electrons. The number of ketones is 1. The largest absolute Gasteiger partial charge is 0.314 e. The first-order chi connectivity index (χ1) is 6.93. The number of Topliss-reactive ketones (excluding diaryl/α,β-unsaturated/α-hetero) is 1. The average Bonchev–Trinajstić information content (AvgIpc) is 2.39. The van der Waals surface area contributed by atoms with Gasteiger partial charge in [-0.3, -0.25) is 9.59 Å². The number of benzene rings is 1. The molecule has 0 aliphatic carbocycles. The zero-order chi connectivity index (χ0) is 11.2. The Balaban J connectivity index is 2.73. The molecule has 1 aliphatic rings. The number of nitrogens with zero attached hydrogens (tertiary/aromatic N) is 1. The van der Waals surface area contributed by atoms with Gasteiger partial charge in [0.1, 0.15) is 0 Å². The molecule has 0 atom stereocenters. The third kappa shape index (κ3) is 1.32. The summed E-state index contributed by atoms with van der Waals surface area (Å²) >= 11 is 0. The van der Waals surface area contributed by atoms with Crippen molar-refractivity contribution < 1.29 is 18.0 Å². The molecule has 0 bridgehead atoms. The Kier molecular flexibility index (Phi) is 1.88. The molecule has 0 fully saturated rings. The number of para-hydroxylation sites is 1. The van der Waals surface area contributed by atoms with E-state index in [-0.39, 0.29) is 11.3 Å². The van der Waals surface area contributed by atoms with Gasteiger partial charge in [0.15, 0.2) is 0 Å². The van der Waals surface area contributed by atoms with Gasteiger partial charge in [-0.1, -0.05) is 12.1 Å². The molecule has 2 N–H and O–H groups in total. The van der Waals surface area contributed by atoms with Crippen LogP contribution < -0.4 is 9.44 Å². The van der Waals surface area contributed by atoms with Gasteiger partial charge >= 0.3 is 16.1 Å². The number of hydrogen-bond acceptors (Lipinski definition) is 4. The van der Waals surface area contributed by atoms with Crippen LogP contribution in [-0.4, -0.2) is 20.1 Å². The molecule has 15 heavy (non-hydrogen) atoms. The number of rotatable bonds is 1. The molecule has 0 saturated heterocycles. The first-order valence-corrected chi connectivity index (χ1v) is 5.44. The van der Waals surface area contributed by atoms with E-state index in [9.17, 15) is 18.0 Å². The van der Waals surface area contributed by atoms with Crippen molar-refractivity contribution >= 4 is 27.6 Å². The molecule has 2 rings (SSSR count). The fourth-order valence-corrected chi connectivity index (χ4v) is 2.16. The van der Waals surface area contributed by atoms with Gasteiger partial charge in [0.05, 0.1) is 11.3 Å². The second-order valence-electron chi connectivity index (χ2n) is 2.96. The predicted octanol–water partition coefficient (Wildman–Crippen LogP) is -0.581. The lowest BCUT2D eigenvalue weighted by Gasteiger charge is -2.11. The van der Waals surface area contributed by atoms with Gasteiger partial charge in [0.25, 0.3) is 5.78 Å². The minimum atomic E-state index is -4.24. The van der Waals surface area contributed by atoms with Gasteiger partial charge in [0.2, 0.25) is 0 Å². The van der Waals surface area contributed by atoms with Crippen molar-refractivity contribution in [2.45, 2.75) is 0 Å². The Morgan fingerprint density at radius 1 is 1.13 bits per heavy atom. The normalized spacial score (nSPS) is 15.7. The number of amides is 1. The molecule has 1 amide bonds. The third-order valence-electron chi connectivity index (χ3n) is 2.00. The lowest BCUT2D eigenvalue weighted by molar-refractivity contribution is -0.113. The fraction of sp³-hybridized carbons (Fsp3) is 0. The van der Waals surface area contributed by atoms with Crippen LogP contribution in [0.15, 0.2) is 24.3 Å². The van der Waals surface area contributed by atoms with Crippen molar-refractivity contribution in [3.63, 3.8) is 0 Å². The summed E-state index contributed by atoms with van der Waals surface area (Å²) in [5, 5.41) is 4.83. The van der Waals surface area contributed by atoms with Crippen LogP contribution in [0.3, 0.4) is 0 Å². The zero-order valence-electron chi connectivity index (χ0n) is 7.38. The number of nitrogens with two attached hydrogens (primary N) is 1. The van der Waals surface area contributed by atoms with Crippen molar-refractivity contribution in [1.29, 1.82) is 0 Å². The van der Waals surface area contributed by atoms with Crippen molar-refractivity contribution in [2.24, 2.45) is 5.14 Å². The van der Waals surface area contributed by atoms with Gasteiger partial charge < -0.3 is 0 Å². The van der Waals surface area contributed by atoms with Gasteiger partial charge in [-0.05, 0) is 12.1 Å². The minimum absolute atomic E-state index is 0.00926. The van der Waals surface area contributed by atoms with Crippen LogP contribution in [0.4, 0.5) is 5.69 Å². The summed E-state index contributed by atoms with van der Waals surface area (Å²) in [6.45, 7) is 0. The van der Waals surface area contributed by atoms with Crippen LogP contribution in [0.1, 0.15) is 10.4 Å². The lowest BCUT2D eigenvalue weighted by atomic mass is 10.1. The second kappa shape index (κ2) is 2.88. The first kappa shape index (κ1) is 9.81. The molecule has 0 saturated carbocycles. The molecule has 0 aromatic heterocycles. The first-order valence-electron chi connectivity index (χ1n) is 3.93. The maximum atomic E-state index is 11.3. The summed E-state index contributed by atoms with van der Waals surface area (Å²) in [6.07, 6.45) is 0. The van der Waals surface area contributed by atoms with E-state index in [4.69, 9.17) is 5.14 Å². The van der Waals surface area contributed by atoms with E-state index in [1.165, 1.54) is 24.3 Å². The Morgan fingerprint density at radius 3 is 2.33 bits per heavy atom. The van der Waals surface area contributed by atoms with E-state index in [1.807, 2.05) is 0 Å². The van der Waals surface area contributed by atoms with Crippen LogP contribution >= 0.6 is 0 Å². The highest BCUT2D eigenvalue weighted by molar-refractivity contribution is 7.91. The van der Waals surface area contributed by atoms with Crippen molar-refractivity contribution in [3.05, 3.63) is 29.8 Å². The number of hydrogen-bond donors (Lipinski definition) is 1. The molecule has 1 heterocycles. The summed E-state index contributed by atoms with van der Waals surface area (Å²) in [4.78, 5) is 22.7. The van der Waals surface area contributed by atoms with E-state index in [1.54, 1.807) is 0 Å². The summed E-state index contributed by atoms with van der Waals surface area (Å²) in [5.41, 5.74) is 0.0616. The quantitative estimate of drug-likeness (QED) is 0.647. The molecule has 7 heteroatoms. The fourth-order valence-electron chi connectivity index (χ4n) is 1.41. The van der Waals surface area contributed by atoms with E-state index in [2.05, 4.69) is 0 Å². The van der Waals surface area contributed by atoms with Crippen molar-refractivity contribution in [3.8, 4) is 0 Å². The highest BCUT2D eigenvalue weighted by atomic mass is 32.2. The Bertz CT molecular complexity index is 564. The van der Waals surface area contributed by atoms with E-state index in [0.717, 1.165) is 0 Å². The van der Waals surface area contributed by atoms with Gasteiger partial charge in [-0.15, -0.1) is 0 Å². The smallest absolute Gasteiger partial charge is 0.283 e. The molecular formula is C8H6N2O4S. The summed E-state index contributed by atoms with van der Waals surface area (Å²) in [7, 11) is -4.24. The SMILES string of the molecule is NS(=O)(=O)N1C(=O)C(=O)c2ccccc21. The molecule has 78 valence electrons. The van der Waals surface area contributed by atoms with E-state index in [0.29, 0.717) is 4.31 Å². The lowest BCUT2D eigenvalue weighted by Crippen LogP contribution is -2.40. The standard InChI is InChI=1S/C8H6N2O4S/c9-15(13,14)10-6-4-2-1-3-5(6)7(11)8(10)12/h1-4H,(H2,9,13,14). The summed E-state index contributed by atoms with van der Waals surface area (Å²) < 4.78 is 22.5. The number of anilines is 1. The molecule has 6 nitrogen and oxygen atoms in total. The van der Waals surface area contributed by atoms with Crippen LogP contribution in [0, 0.1) is 0 Å². The maximum absolute atomic E-state index is 11.3. The van der Waals surface area contributed by atoms with Crippen molar-refractivity contribution in [1.82, 2.24) is 0 Å². The molecule has 1 aromatic carbocycles. The molecule has 0 spiro atoms. The minimum Gasteiger partial charge on any atom is -0.283 e. The molecule has 0 unspecified atom stereocenters. The maximum Gasteiger partial charge on any atom is 0.314 e. The molecular weight excluding hydrogens is 220 g/mol. The van der Waals surface area contributed by atoms with Crippen LogP contribution in [0.2, 0.25) is 0 Å². The van der Waals surface area contributed by atoms with Crippen LogP contribution in [0.5, 0.6) is 0 Å². The van der Waals surface area contributed by atoms with Crippen LogP contribution in [-0.2, 0) is 15.0 Å². The third-order valence-corrected chi connectivity index (χ3v) is 2.87. The Morgan fingerprint density at radius 2 is 1.73 bits per heavy atom. The Hall–Kier alpha value is -1.73. The average molecular weight is 226 g/mol. The highest BCUT2D eigenvalue weighted by Crippen LogP contribution is 2.29. The van der Waals surface area contributed by atoms with E-state index < -0.39 is 21.9 Å². The number of carbonyl (C=O) groups is 2. The van der Waals surface area contributed by atoms with Gasteiger partial charge in [-0.25, -0.2) is 5.14 Å². The molecule has 1 aromatic rings. The predicted molar refractivity (Wildman–Crippen MR) is 51.4 cm³/mol.